The summed E-state index contributed by atoms with van der Waals surface area (Å²) >= 11 is 1.90. The average molecular weight is 223 g/mol. The molecule has 0 fully saturated rings. The van der Waals surface area contributed by atoms with Crippen molar-refractivity contribution in [3.8, 4) is 0 Å². The average Bonchev–Trinajstić information content (AvgIpc) is 2.25. The molecule has 2 heteroatoms. The largest absolute Gasteiger partial charge is 0.385 e. The zero-order valence-corrected chi connectivity index (χ0v) is 10.7. The lowest BCUT2D eigenvalue weighted by molar-refractivity contribution is 0.689. The van der Waals surface area contributed by atoms with E-state index in [1.165, 1.54) is 23.4 Å². The Hall–Kier alpha value is -0.630. The number of nitrogens with one attached hydrogen (secondary N) is 1. The van der Waals surface area contributed by atoms with Gasteiger partial charge in [-0.05, 0) is 42.0 Å². The molecule has 1 aromatic rings. The Morgan fingerprint density at radius 2 is 1.87 bits per heavy atom. The molecule has 0 unspecified atom stereocenters. The number of thioether (sulfide) groups is 1. The predicted molar refractivity (Wildman–Crippen MR) is 71.9 cm³/mol. The van der Waals surface area contributed by atoms with E-state index in [0.717, 1.165) is 6.54 Å². The summed E-state index contributed by atoms with van der Waals surface area (Å²) in [4.78, 5) is 0. The van der Waals surface area contributed by atoms with Crippen LogP contribution >= 0.6 is 11.8 Å². The summed E-state index contributed by atoms with van der Waals surface area (Å²) in [6.45, 7) is 5.49. The van der Waals surface area contributed by atoms with Gasteiger partial charge in [0, 0.05) is 12.2 Å². The van der Waals surface area contributed by atoms with Crippen LogP contribution in [-0.2, 0) is 6.42 Å². The molecule has 0 atom stereocenters. The molecular formula is C13H21NS. The zero-order valence-electron chi connectivity index (χ0n) is 9.92. The lowest BCUT2D eigenvalue weighted by Gasteiger charge is -2.09. The Balaban J connectivity index is 2.41. The Morgan fingerprint density at radius 1 is 1.20 bits per heavy atom. The monoisotopic (exact) mass is 223 g/mol. The highest BCUT2D eigenvalue weighted by Crippen LogP contribution is 2.11. The van der Waals surface area contributed by atoms with Gasteiger partial charge < -0.3 is 5.32 Å². The van der Waals surface area contributed by atoms with Gasteiger partial charge >= 0.3 is 0 Å². The van der Waals surface area contributed by atoms with Crippen LogP contribution in [0.15, 0.2) is 24.3 Å². The number of rotatable bonds is 6. The molecule has 0 saturated heterocycles. The molecule has 1 N–H and O–H groups in total. The smallest absolute Gasteiger partial charge is 0.0340 e. The Kier molecular flexibility index (Phi) is 5.62. The summed E-state index contributed by atoms with van der Waals surface area (Å²) in [5.41, 5.74) is 2.66. The van der Waals surface area contributed by atoms with E-state index in [9.17, 15) is 0 Å². The SMILES string of the molecule is CSCCc1ccc(NCC(C)C)cc1. The molecule has 0 saturated carbocycles. The third-order valence-electron chi connectivity index (χ3n) is 2.26. The second kappa shape index (κ2) is 6.78. The zero-order chi connectivity index (χ0) is 11.1. The summed E-state index contributed by atoms with van der Waals surface area (Å²) < 4.78 is 0. The van der Waals surface area contributed by atoms with Gasteiger partial charge in [0.2, 0.25) is 0 Å². The van der Waals surface area contributed by atoms with E-state index in [1.54, 1.807) is 0 Å². The molecular weight excluding hydrogens is 202 g/mol. The van der Waals surface area contributed by atoms with Gasteiger partial charge in [-0.3, -0.25) is 0 Å². The molecule has 15 heavy (non-hydrogen) atoms. The van der Waals surface area contributed by atoms with Gasteiger partial charge in [-0.25, -0.2) is 0 Å². The molecule has 0 bridgehead atoms. The van der Waals surface area contributed by atoms with Gasteiger partial charge in [0.1, 0.15) is 0 Å². The summed E-state index contributed by atoms with van der Waals surface area (Å²) in [5, 5.41) is 3.42. The number of hydrogen-bond donors (Lipinski definition) is 1. The minimum Gasteiger partial charge on any atom is -0.385 e. The summed E-state index contributed by atoms with van der Waals surface area (Å²) in [6, 6.07) is 8.80. The van der Waals surface area contributed by atoms with E-state index >= 15 is 0 Å². The molecule has 1 nitrogen and oxygen atoms in total. The molecule has 0 spiro atoms. The van der Waals surface area contributed by atoms with Crippen molar-refractivity contribution in [3.05, 3.63) is 29.8 Å². The fraction of sp³-hybridized carbons (Fsp3) is 0.538. The summed E-state index contributed by atoms with van der Waals surface area (Å²) in [7, 11) is 0. The van der Waals surface area contributed by atoms with Crippen molar-refractivity contribution in [2.24, 2.45) is 5.92 Å². The van der Waals surface area contributed by atoms with Gasteiger partial charge in [0.05, 0.1) is 0 Å². The van der Waals surface area contributed by atoms with Gasteiger partial charge in [0.25, 0.3) is 0 Å². The number of aryl methyl sites for hydroxylation is 1. The lowest BCUT2D eigenvalue weighted by atomic mass is 10.1. The lowest BCUT2D eigenvalue weighted by Crippen LogP contribution is -2.07. The predicted octanol–water partition coefficient (Wildman–Crippen LogP) is 3.66. The number of benzene rings is 1. The third kappa shape index (κ3) is 5.12. The Morgan fingerprint density at radius 3 is 2.40 bits per heavy atom. The summed E-state index contributed by atoms with van der Waals surface area (Å²) in [6.07, 6.45) is 3.32. The van der Waals surface area contributed by atoms with Crippen molar-refractivity contribution in [2.45, 2.75) is 20.3 Å². The molecule has 1 aromatic carbocycles. The van der Waals surface area contributed by atoms with Crippen LogP contribution in [0.2, 0.25) is 0 Å². The normalized spacial score (nSPS) is 10.7. The maximum absolute atomic E-state index is 3.42. The first-order chi connectivity index (χ1) is 7.22. The highest BCUT2D eigenvalue weighted by molar-refractivity contribution is 7.98. The molecule has 0 amide bonds. The molecule has 0 radical (unpaired) electrons. The van der Waals surface area contributed by atoms with E-state index in [-0.39, 0.29) is 0 Å². The van der Waals surface area contributed by atoms with Crippen LogP contribution in [-0.4, -0.2) is 18.6 Å². The highest BCUT2D eigenvalue weighted by Gasteiger charge is 1.96. The van der Waals surface area contributed by atoms with Gasteiger partial charge in [-0.15, -0.1) is 0 Å². The first kappa shape index (κ1) is 12.4. The first-order valence-corrected chi connectivity index (χ1v) is 6.93. The van der Waals surface area contributed by atoms with E-state index in [1.807, 2.05) is 11.8 Å². The fourth-order valence-corrected chi connectivity index (χ4v) is 1.77. The van der Waals surface area contributed by atoms with E-state index in [4.69, 9.17) is 0 Å². The Labute approximate surface area is 97.7 Å². The third-order valence-corrected chi connectivity index (χ3v) is 2.88. The topological polar surface area (TPSA) is 12.0 Å². The maximum Gasteiger partial charge on any atom is 0.0340 e. The van der Waals surface area contributed by atoms with E-state index in [0.29, 0.717) is 5.92 Å². The molecule has 84 valence electrons. The first-order valence-electron chi connectivity index (χ1n) is 5.54. The van der Waals surface area contributed by atoms with Crippen LogP contribution in [0.5, 0.6) is 0 Å². The molecule has 0 aliphatic carbocycles. The van der Waals surface area contributed by atoms with Crippen LogP contribution in [0.4, 0.5) is 5.69 Å². The number of anilines is 1. The van der Waals surface area contributed by atoms with Crippen molar-refractivity contribution in [2.75, 3.05) is 23.9 Å². The van der Waals surface area contributed by atoms with Crippen LogP contribution < -0.4 is 5.32 Å². The number of hydrogen-bond acceptors (Lipinski definition) is 2. The van der Waals surface area contributed by atoms with Crippen molar-refractivity contribution < 1.29 is 0 Å². The fourth-order valence-electron chi connectivity index (χ4n) is 1.33. The molecule has 0 heterocycles. The minimum atomic E-state index is 0.696. The second-order valence-electron chi connectivity index (χ2n) is 4.21. The van der Waals surface area contributed by atoms with Crippen LogP contribution in [0, 0.1) is 5.92 Å². The molecule has 0 aromatic heterocycles. The van der Waals surface area contributed by atoms with E-state index in [2.05, 4.69) is 49.7 Å². The molecule has 1 rings (SSSR count). The van der Waals surface area contributed by atoms with Crippen LogP contribution in [0.1, 0.15) is 19.4 Å². The van der Waals surface area contributed by atoms with Crippen LogP contribution in [0.25, 0.3) is 0 Å². The minimum absolute atomic E-state index is 0.696. The van der Waals surface area contributed by atoms with Crippen molar-refractivity contribution >= 4 is 17.4 Å². The summed E-state index contributed by atoms with van der Waals surface area (Å²) in [5.74, 6) is 1.90. The van der Waals surface area contributed by atoms with Crippen LogP contribution in [0.3, 0.4) is 0 Å². The molecule has 0 aliphatic rings. The standard InChI is InChI=1S/C13H21NS/c1-11(2)10-14-13-6-4-12(5-7-13)8-9-15-3/h4-7,11,14H,8-10H2,1-3H3. The van der Waals surface area contributed by atoms with Crippen molar-refractivity contribution in [1.29, 1.82) is 0 Å². The highest BCUT2D eigenvalue weighted by atomic mass is 32.2. The Bertz CT molecular complexity index is 266. The maximum atomic E-state index is 3.42. The molecule has 0 aliphatic heterocycles. The van der Waals surface area contributed by atoms with Gasteiger partial charge in [-0.1, -0.05) is 26.0 Å². The quantitative estimate of drug-likeness (QED) is 0.790. The van der Waals surface area contributed by atoms with E-state index < -0.39 is 0 Å². The van der Waals surface area contributed by atoms with Crippen molar-refractivity contribution in [1.82, 2.24) is 0 Å². The van der Waals surface area contributed by atoms with Gasteiger partial charge in [0.15, 0.2) is 0 Å². The van der Waals surface area contributed by atoms with Crippen molar-refractivity contribution in [3.63, 3.8) is 0 Å². The second-order valence-corrected chi connectivity index (χ2v) is 5.20. The van der Waals surface area contributed by atoms with Gasteiger partial charge in [-0.2, -0.15) is 11.8 Å².